The molecule has 6 N–H and O–H groups in total. The molecular weight excluding hydrogens is 412 g/mol. The number of benzene rings is 1. The van der Waals surface area contributed by atoms with Gasteiger partial charge in [0.1, 0.15) is 18.1 Å². The normalized spacial score (nSPS) is 15.7. The van der Waals surface area contributed by atoms with E-state index in [1.165, 1.54) is 6.92 Å². The molecule has 1 rings (SSSR count). The Labute approximate surface area is 189 Å². The fourth-order valence-corrected chi connectivity index (χ4v) is 3.10. The molecule has 1 aromatic rings. The quantitative estimate of drug-likeness (QED) is 0.325. The largest absolute Gasteiger partial charge is 0.480 e. The predicted molar refractivity (Wildman–Crippen MR) is 121 cm³/mol. The first-order chi connectivity index (χ1) is 15.0. The third-order valence-corrected chi connectivity index (χ3v) is 5.42. The number of hydrogen-bond donors (Lipinski definition) is 5. The second-order valence-electron chi connectivity index (χ2n) is 8.45. The van der Waals surface area contributed by atoms with E-state index in [1.807, 2.05) is 37.3 Å². The van der Waals surface area contributed by atoms with Crippen LogP contribution in [0.1, 0.15) is 59.1 Å². The van der Waals surface area contributed by atoms with E-state index in [4.69, 9.17) is 10.8 Å². The topological polar surface area (TPSA) is 151 Å². The van der Waals surface area contributed by atoms with Crippen LogP contribution in [-0.2, 0) is 19.2 Å². The summed E-state index contributed by atoms with van der Waals surface area (Å²) >= 11 is 0. The van der Waals surface area contributed by atoms with E-state index in [-0.39, 0.29) is 24.2 Å². The van der Waals surface area contributed by atoms with Gasteiger partial charge in [-0.15, -0.1) is 0 Å². The van der Waals surface area contributed by atoms with Crippen LogP contribution < -0.4 is 21.7 Å². The van der Waals surface area contributed by atoms with Gasteiger partial charge in [-0.3, -0.25) is 19.2 Å². The second-order valence-corrected chi connectivity index (χ2v) is 8.45. The van der Waals surface area contributed by atoms with Crippen LogP contribution in [0.2, 0.25) is 0 Å². The Hall–Kier alpha value is -2.94. The van der Waals surface area contributed by atoms with Crippen LogP contribution in [-0.4, -0.2) is 46.9 Å². The number of aliphatic carboxylic acids is 1. The van der Waals surface area contributed by atoms with Crippen molar-refractivity contribution in [3.8, 4) is 0 Å². The summed E-state index contributed by atoms with van der Waals surface area (Å²) in [4.78, 5) is 49.2. The number of carboxylic acid groups (broad SMARTS) is 1. The third kappa shape index (κ3) is 8.30. The zero-order chi connectivity index (χ0) is 24.4. The van der Waals surface area contributed by atoms with Crippen LogP contribution in [0, 0.1) is 11.8 Å². The maximum atomic E-state index is 13.0. The van der Waals surface area contributed by atoms with Gasteiger partial charge < -0.3 is 26.8 Å². The summed E-state index contributed by atoms with van der Waals surface area (Å²) in [7, 11) is 0. The Balaban J connectivity index is 2.86. The highest BCUT2D eigenvalue weighted by Crippen LogP contribution is 2.14. The standard InChI is InChI=1S/C23H36N4O5/c1-6-14(4)20(22(30)25-15(5)23(31)32)27-21(29)19(13(2)3)26-18(28)12-17(24)16-10-8-7-9-11-16/h7-11,13-15,17,19-20H,6,12,24H2,1-5H3,(H,25,30)(H,26,28)(H,27,29)(H,31,32)/t14-,15-,17-,19-,20-/m0/s1. The molecule has 0 radical (unpaired) electrons. The van der Waals surface area contributed by atoms with Gasteiger partial charge >= 0.3 is 5.97 Å². The fraction of sp³-hybridized carbons (Fsp3) is 0.565. The van der Waals surface area contributed by atoms with Crippen molar-refractivity contribution in [2.24, 2.45) is 17.6 Å². The Kier molecular flexibility index (Phi) is 10.8. The Morgan fingerprint density at radius 2 is 1.47 bits per heavy atom. The summed E-state index contributed by atoms with van der Waals surface area (Å²) < 4.78 is 0. The molecule has 0 saturated carbocycles. The Morgan fingerprint density at radius 1 is 0.906 bits per heavy atom. The molecule has 0 spiro atoms. The van der Waals surface area contributed by atoms with Crippen molar-refractivity contribution in [1.82, 2.24) is 16.0 Å². The van der Waals surface area contributed by atoms with Crippen molar-refractivity contribution in [2.75, 3.05) is 0 Å². The molecule has 178 valence electrons. The van der Waals surface area contributed by atoms with E-state index in [2.05, 4.69) is 16.0 Å². The summed E-state index contributed by atoms with van der Waals surface area (Å²) in [6, 6.07) is 5.79. The third-order valence-electron chi connectivity index (χ3n) is 5.42. The van der Waals surface area contributed by atoms with Gasteiger partial charge in [0, 0.05) is 12.5 Å². The Bertz CT molecular complexity index is 784. The summed E-state index contributed by atoms with van der Waals surface area (Å²) in [5, 5.41) is 16.9. The SMILES string of the molecule is CC[C@H](C)[C@H](NC(=O)[C@@H](NC(=O)C[C@H](N)c1ccccc1)C(C)C)C(=O)N[C@@H](C)C(=O)O. The average Bonchev–Trinajstić information content (AvgIpc) is 2.75. The maximum Gasteiger partial charge on any atom is 0.325 e. The molecular formula is C23H36N4O5. The van der Waals surface area contributed by atoms with E-state index in [0.717, 1.165) is 5.56 Å². The van der Waals surface area contributed by atoms with E-state index in [0.29, 0.717) is 6.42 Å². The minimum Gasteiger partial charge on any atom is -0.480 e. The van der Waals surface area contributed by atoms with Crippen molar-refractivity contribution in [2.45, 2.75) is 71.6 Å². The highest BCUT2D eigenvalue weighted by Gasteiger charge is 2.32. The molecule has 32 heavy (non-hydrogen) atoms. The number of amides is 3. The van der Waals surface area contributed by atoms with Crippen LogP contribution in [0.4, 0.5) is 0 Å². The van der Waals surface area contributed by atoms with Gasteiger partial charge in [-0.1, -0.05) is 64.4 Å². The summed E-state index contributed by atoms with van der Waals surface area (Å²) in [6.45, 7) is 8.57. The molecule has 0 unspecified atom stereocenters. The van der Waals surface area contributed by atoms with Gasteiger partial charge in [-0.05, 0) is 24.3 Å². The number of hydrogen-bond acceptors (Lipinski definition) is 5. The molecule has 9 heteroatoms. The molecule has 3 amide bonds. The van der Waals surface area contributed by atoms with Crippen LogP contribution in [0.25, 0.3) is 0 Å². The average molecular weight is 449 g/mol. The number of rotatable bonds is 12. The van der Waals surface area contributed by atoms with Crippen LogP contribution >= 0.6 is 0 Å². The molecule has 0 aliphatic rings. The smallest absolute Gasteiger partial charge is 0.325 e. The molecule has 0 aliphatic heterocycles. The highest BCUT2D eigenvalue weighted by atomic mass is 16.4. The zero-order valence-electron chi connectivity index (χ0n) is 19.4. The molecule has 0 fully saturated rings. The van der Waals surface area contributed by atoms with Crippen LogP contribution in [0.15, 0.2) is 30.3 Å². The van der Waals surface area contributed by atoms with Crippen molar-refractivity contribution < 1.29 is 24.3 Å². The molecule has 1 aromatic carbocycles. The van der Waals surface area contributed by atoms with Crippen molar-refractivity contribution in [3.05, 3.63) is 35.9 Å². The molecule has 0 bridgehead atoms. The van der Waals surface area contributed by atoms with Gasteiger partial charge in [-0.25, -0.2) is 0 Å². The number of carboxylic acids is 1. The zero-order valence-corrected chi connectivity index (χ0v) is 19.4. The lowest BCUT2D eigenvalue weighted by Gasteiger charge is -2.28. The van der Waals surface area contributed by atoms with E-state index in [1.54, 1.807) is 20.8 Å². The van der Waals surface area contributed by atoms with Crippen LogP contribution in [0.5, 0.6) is 0 Å². The maximum absolute atomic E-state index is 13.0. The molecule has 5 atom stereocenters. The van der Waals surface area contributed by atoms with Gasteiger partial charge in [-0.2, -0.15) is 0 Å². The molecule has 9 nitrogen and oxygen atoms in total. The summed E-state index contributed by atoms with van der Waals surface area (Å²) in [5.74, 6) is -3.12. The predicted octanol–water partition coefficient (Wildman–Crippen LogP) is 1.34. The monoisotopic (exact) mass is 448 g/mol. The fourth-order valence-electron chi connectivity index (χ4n) is 3.10. The second kappa shape index (κ2) is 12.8. The number of nitrogens with two attached hydrogens (primary N) is 1. The van der Waals surface area contributed by atoms with E-state index in [9.17, 15) is 19.2 Å². The lowest BCUT2D eigenvalue weighted by Crippen LogP contribution is -2.58. The first-order valence-electron chi connectivity index (χ1n) is 10.9. The van der Waals surface area contributed by atoms with Crippen molar-refractivity contribution >= 4 is 23.7 Å². The summed E-state index contributed by atoms with van der Waals surface area (Å²) in [6.07, 6.45) is 0.594. The lowest BCUT2D eigenvalue weighted by molar-refractivity contribution is -0.142. The minimum atomic E-state index is -1.17. The minimum absolute atomic E-state index is 0.00587. The van der Waals surface area contributed by atoms with Crippen molar-refractivity contribution in [1.29, 1.82) is 0 Å². The van der Waals surface area contributed by atoms with E-state index < -0.39 is 42.0 Å². The Morgan fingerprint density at radius 3 is 1.97 bits per heavy atom. The van der Waals surface area contributed by atoms with Gasteiger partial charge in [0.15, 0.2) is 0 Å². The number of carbonyl (C=O) groups is 4. The highest BCUT2D eigenvalue weighted by molar-refractivity contribution is 5.93. The van der Waals surface area contributed by atoms with Crippen molar-refractivity contribution in [3.63, 3.8) is 0 Å². The van der Waals surface area contributed by atoms with Crippen LogP contribution in [0.3, 0.4) is 0 Å². The molecule has 0 aromatic heterocycles. The number of carbonyl (C=O) groups excluding carboxylic acids is 3. The molecule has 0 saturated heterocycles. The lowest BCUT2D eigenvalue weighted by atomic mass is 9.96. The molecule has 0 heterocycles. The summed E-state index contributed by atoms with van der Waals surface area (Å²) in [5.41, 5.74) is 6.92. The number of nitrogens with one attached hydrogen (secondary N) is 3. The molecule has 0 aliphatic carbocycles. The van der Waals surface area contributed by atoms with E-state index >= 15 is 0 Å². The van der Waals surface area contributed by atoms with Gasteiger partial charge in [0.05, 0.1) is 0 Å². The first kappa shape index (κ1) is 27.1. The van der Waals surface area contributed by atoms with Gasteiger partial charge in [0.25, 0.3) is 0 Å². The van der Waals surface area contributed by atoms with Gasteiger partial charge in [0.2, 0.25) is 17.7 Å². The first-order valence-corrected chi connectivity index (χ1v) is 10.9.